The summed E-state index contributed by atoms with van der Waals surface area (Å²) in [6, 6.07) is 4.17. The van der Waals surface area contributed by atoms with Crippen LogP contribution in [0.25, 0.3) is 0 Å². The zero-order valence-electron chi connectivity index (χ0n) is 12.3. The zero-order chi connectivity index (χ0) is 15.0. The van der Waals surface area contributed by atoms with Gasteiger partial charge in [-0.3, -0.25) is 0 Å². The number of amides is 2. The van der Waals surface area contributed by atoms with Crippen molar-refractivity contribution in [3.8, 4) is 0 Å². The molecule has 1 aromatic rings. The van der Waals surface area contributed by atoms with Gasteiger partial charge in [-0.05, 0) is 38.7 Å². The molecule has 0 saturated heterocycles. The predicted octanol–water partition coefficient (Wildman–Crippen LogP) is 2.40. The molecule has 0 aliphatic carbocycles. The number of carbonyl (C=O) groups excluding carboxylic acids is 1. The van der Waals surface area contributed by atoms with Crippen molar-refractivity contribution in [1.29, 1.82) is 0 Å². The monoisotopic (exact) mass is 316 g/mol. The van der Waals surface area contributed by atoms with E-state index >= 15 is 0 Å². The fourth-order valence-corrected chi connectivity index (χ4v) is 3.62. The van der Waals surface area contributed by atoms with Crippen LogP contribution >= 0.6 is 23.1 Å². The Hall–Kier alpha value is -0.720. The van der Waals surface area contributed by atoms with E-state index in [0.29, 0.717) is 6.42 Å². The number of hydrogen-bond acceptors (Lipinski definition) is 4. The van der Waals surface area contributed by atoms with E-state index in [2.05, 4.69) is 29.7 Å². The number of rotatable bonds is 8. The Kier molecular flexibility index (Phi) is 8.02. The van der Waals surface area contributed by atoms with Crippen molar-refractivity contribution in [3.63, 3.8) is 0 Å². The van der Waals surface area contributed by atoms with Crippen molar-refractivity contribution in [3.05, 3.63) is 21.9 Å². The highest BCUT2D eigenvalue weighted by molar-refractivity contribution is 7.98. The van der Waals surface area contributed by atoms with E-state index in [4.69, 9.17) is 5.11 Å². The van der Waals surface area contributed by atoms with Crippen molar-refractivity contribution in [2.45, 2.75) is 38.8 Å². The topological polar surface area (TPSA) is 61.4 Å². The third-order valence-corrected chi connectivity index (χ3v) is 4.62. The number of hydrogen-bond donors (Lipinski definition) is 3. The number of thiophene rings is 1. The molecule has 1 heterocycles. The normalized spacial score (nSPS) is 13.8. The molecule has 0 spiro atoms. The molecule has 2 atom stereocenters. The van der Waals surface area contributed by atoms with Gasteiger partial charge in [0.2, 0.25) is 0 Å². The average molecular weight is 316 g/mol. The molecule has 1 rings (SSSR count). The molecule has 20 heavy (non-hydrogen) atoms. The Balaban J connectivity index is 2.36. The second-order valence-corrected chi connectivity index (χ2v) is 7.18. The second kappa shape index (κ2) is 9.26. The van der Waals surface area contributed by atoms with Gasteiger partial charge in [0.25, 0.3) is 0 Å². The SMILES string of the molecule is CSCC(CCO)NC(=O)NC(C)Cc1ccc(C)s1. The maximum Gasteiger partial charge on any atom is 0.315 e. The summed E-state index contributed by atoms with van der Waals surface area (Å²) in [6.45, 7) is 4.18. The van der Waals surface area contributed by atoms with Gasteiger partial charge >= 0.3 is 6.03 Å². The van der Waals surface area contributed by atoms with Crippen LogP contribution in [0, 0.1) is 6.92 Å². The Morgan fingerprint density at radius 3 is 2.75 bits per heavy atom. The molecule has 6 heteroatoms. The minimum atomic E-state index is -0.154. The predicted molar refractivity (Wildman–Crippen MR) is 87.8 cm³/mol. The van der Waals surface area contributed by atoms with E-state index in [1.165, 1.54) is 9.75 Å². The molecule has 0 aliphatic heterocycles. The standard InChI is InChI=1S/C14H24N2O2S2/c1-10(8-13-5-4-11(2)20-13)15-14(18)16-12(6-7-17)9-19-3/h4-5,10,12,17H,6-9H2,1-3H3,(H2,15,16,18). The van der Waals surface area contributed by atoms with Crippen LogP contribution < -0.4 is 10.6 Å². The summed E-state index contributed by atoms with van der Waals surface area (Å²) in [6.07, 6.45) is 3.43. The molecule has 0 aliphatic rings. The summed E-state index contributed by atoms with van der Waals surface area (Å²) in [7, 11) is 0. The van der Waals surface area contributed by atoms with Crippen LogP contribution in [0.3, 0.4) is 0 Å². The highest BCUT2D eigenvalue weighted by atomic mass is 32.2. The maximum absolute atomic E-state index is 11.9. The Morgan fingerprint density at radius 2 is 2.20 bits per heavy atom. The molecule has 114 valence electrons. The molecule has 0 saturated carbocycles. The first-order valence-electron chi connectivity index (χ1n) is 6.77. The largest absolute Gasteiger partial charge is 0.396 e. The van der Waals surface area contributed by atoms with Gasteiger partial charge in [-0.15, -0.1) is 11.3 Å². The molecule has 4 nitrogen and oxygen atoms in total. The van der Waals surface area contributed by atoms with Gasteiger partial charge in [0.1, 0.15) is 0 Å². The van der Waals surface area contributed by atoms with Crippen LogP contribution in [0.15, 0.2) is 12.1 Å². The van der Waals surface area contributed by atoms with E-state index < -0.39 is 0 Å². The molecule has 0 fully saturated rings. The van der Waals surface area contributed by atoms with Crippen molar-refractivity contribution >= 4 is 29.1 Å². The molecule has 1 aromatic heterocycles. The number of aryl methyl sites for hydroxylation is 1. The van der Waals surface area contributed by atoms with Crippen molar-refractivity contribution in [2.24, 2.45) is 0 Å². The molecule has 0 radical (unpaired) electrons. The van der Waals surface area contributed by atoms with Crippen LogP contribution in [0.4, 0.5) is 4.79 Å². The lowest BCUT2D eigenvalue weighted by Gasteiger charge is -2.19. The molecule has 0 aromatic carbocycles. The average Bonchev–Trinajstić information content (AvgIpc) is 2.74. The number of urea groups is 1. The van der Waals surface area contributed by atoms with E-state index in [1.807, 2.05) is 13.2 Å². The van der Waals surface area contributed by atoms with E-state index in [0.717, 1.165) is 12.2 Å². The third kappa shape index (κ3) is 6.63. The van der Waals surface area contributed by atoms with Crippen LogP contribution in [-0.2, 0) is 6.42 Å². The van der Waals surface area contributed by atoms with Gasteiger partial charge in [0.05, 0.1) is 0 Å². The molecular formula is C14H24N2O2S2. The lowest BCUT2D eigenvalue weighted by atomic mass is 10.2. The number of aliphatic hydroxyl groups is 1. The van der Waals surface area contributed by atoms with Gasteiger partial charge in [0.15, 0.2) is 0 Å². The third-order valence-electron chi connectivity index (χ3n) is 2.86. The molecule has 2 unspecified atom stereocenters. The van der Waals surface area contributed by atoms with Crippen molar-refractivity contribution in [1.82, 2.24) is 10.6 Å². The molecular weight excluding hydrogens is 292 g/mol. The lowest BCUT2D eigenvalue weighted by Crippen LogP contribution is -2.47. The van der Waals surface area contributed by atoms with E-state index in [-0.39, 0.29) is 24.7 Å². The molecule has 0 bridgehead atoms. The highest BCUT2D eigenvalue weighted by Crippen LogP contribution is 2.16. The maximum atomic E-state index is 11.9. The van der Waals surface area contributed by atoms with Crippen molar-refractivity contribution in [2.75, 3.05) is 18.6 Å². The summed E-state index contributed by atoms with van der Waals surface area (Å²) in [5.74, 6) is 0.812. The summed E-state index contributed by atoms with van der Waals surface area (Å²) in [4.78, 5) is 14.5. The van der Waals surface area contributed by atoms with Crippen LogP contribution in [0.1, 0.15) is 23.1 Å². The number of thioether (sulfide) groups is 1. The summed E-state index contributed by atoms with van der Waals surface area (Å²) in [5, 5.41) is 14.8. The van der Waals surface area contributed by atoms with Gasteiger partial charge in [-0.25, -0.2) is 4.79 Å². The minimum Gasteiger partial charge on any atom is -0.396 e. The molecule has 3 N–H and O–H groups in total. The fourth-order valence-electron chi connectivity index (χ4n) is 1.95. The van der Waals surface area contributed by atoms with Gasteiger partial charge in [-0.2, -0.15) is 11.8 Å². The Bertz CT molecular complexity index is 404. The summed E-state index contributed by atoms with van der Waals surface area (Å²) in [5.41, 5.74) is 0. The summed E-state index contributed by atoms with van der Waals surface area (Å²) < 4.78 is 0. The number of carbonyl (C=O) groups is 1. The first-order chi connectivity index (χ1) is 9.55. The zero-order valence-corrected chi connectivity index (χ0v) is 13.9. The van der Waals surface area contributed by atoms with Gasteiger partial charge in [-0.1, -0.05) is 0 Å². The number of nitrogens with one attached hydrogen (secondary N) is 2. The lowest BCUT2D eigenvalue weighted by molar-refractivity contribution is 0.228. The minimum absolute atomic E-state index is 0.0196. The van der Waals surface area contributed by atoms with Crippen molar-refractivity contribution < 1.29 is 9.90 Å². The van der Waals surface area contributed by atoms with E-state index in [9.17, 15) is 4.79 Å². The second-order valence-electron chi connectivity index (χ2n) is 4.90. The molecule has 2 amide bonds. The van der Waals surface area contributed by atoms with Crippen LogP contribution in [-0.4, -0.2) is 41.8 Å². The first kappa shape index (κ1) is 17.3. The first-order valence-corrected chi connectivity index (χ1v) is 8.98. The van der Waals surface area contributed by atoms with E-state index in [1.54, 1.807) is 23.1 Å². The smallest absolute Gasteiger partial charge is 0.315 e. The van der Waals surface area contributed by atoms with Crippen LogP contribution in [0.5, 0.6) is 0 Å². The Morgan fingerprint density at radius 1 is 1.45 bits per heavy atom. The number of aliphatic hydroxyl groups excluding tert-OH is 1. The highest BCUT2D eigenvalue weighted by Gasteiger charge is 2.13. The van der Waals surface area contributed by atoms with Gasteiger partial charge in [0, 0.05) is 40.6 Å². The summed E-state index contributed by atoms with van der Waals surface area (Å²) >= 11 is 3.43. The fraction of sp³-hybridized carbons (Fsp3) is 0.643. The Labute approximate surface area is 129 Å². The van der Waals surface area contributed by atoms with Crippen LogP contribution in [0.2, 0.25) is 0 Å². The quantitative estimate of drug-likeness (QED) is 0.690. The van der Waals surface area contributed by atoms with Gasteiger partial charge < -0.3 is 15.7 Å².